The predicted molar refractivity (Wildman–Crippen MR) is 88.8 cm³/mol. The highest BCUT2D eigenvalue weighted by molar-refractivity contribution is 5.99. The first-order valence-electron chi connectivity index (χ1n) is 8.43. The van der Waals surface area contributed by atoms with Gasteiger partial charge in [0.2, 0.25) is 5.54 Å². The number of ketones is 1. The topological polar surface area (TPSA) is 141 Å². The smallest absolute Gasteiger partial charge is 0.351 e. The summed E-state index contributed by atoms with van der Waals surface area (Å²) < 4.78 is 11.1. The van der Waals surface area contributed by atoms with Gasteiger partial charge in [-0.05, 0) is 12.0 Å². The number of hydrogen-bond acceptors (Lipinski definition) is 8. The molecule has 2 aliphatic heterocycles. The molecule has 3 atom stereocenters. The van der Waals surface area contributed by atoms with Crippen LogP contribution in [-0.2, 0) is 19.1 Å². The van der Waals surface area contributed by atoms with E-state index in [1.165, 1.54) is 31.2 Å². The van der Waals surface area contributed by atoms with Crippen molar-refractivity contribution in [2.24, 2.45) is 0 Å². The Morgan fingerprint density at radius 1 is 1.41 bits per heavy atom. The third-order valence-electron chi connectivity index (χ3n) is 5.12. The molecule has 0 aromatic heterocycles. The number of allylic oxidation sites excluding steroid dienone is 1. The number of ether oxygens (including phenoxy) is 2. The Bertz CT molecular complexity index is 947. The van der Waals surface area contributed by atoms with Crippen molar-refractivity contribution in [1.82, 2.24) is 5.32 Å². The number of hydrogen-bond donors (Lipinski definition) is 1. The van der Waals surface area contributed by atoms with Crippen LogP contribution in [0, 0.1) is 21.4 Å². The van der Waals surface area contributed by atoms with Crippen LogP contribution < -0.4 is 5.32 Å². The van der Waals surface area contributed by atoms with Crippen molar-refractivity contribution in [3.05, 3.63) is 51.3 Å². The van der Waals surface area contributed by atoms with Crippen LogP contribution in [0.25, 0.3) is 0 Å². The zero-order valence-corrected chi connectivity index (χ0v) is 14.4. The fourth-order valence-electron chi connectivity index (χ4n) is 3.95. The van der Waals surface area contributed by atoms with E-state index in [0.717, 1.165) is 0 Å². The molecule has 27 heavy (non-hydrogen) atoms. The number of nitrogens with zero attached hydrogens (tertiary/aromatic N) is 2. The Morgan fingerprint density at radius 2 is 2.11 bits per heavy atom. The summed E-state index contributed by atoms with van der Waals surface area (Å²) in [6, 6.07) is 7.77. The molecular formula is C18H15N3O6. The summed E-state index contributed by atoms with van der Waals surface area (Å²) in [6.07, 6.45) is 1.41. The summed E-state index contributed by atoms with van der Waals surface area (Å²) in [5, 5.41) is 23.7. The van der Waals surface area contributed by atoms with Crippen LogP contribution in [0.4, 0.5) is 5.69 Å². The maximum atomic E-state index is 12.6. The number of Topliss-reactive ketones (excluding diaryl/α,β-unsaturated/α-hetero) is 1. The molecule has 1 saturated heterocycles. The molecule has 1 N–H and O–H groups in total. The largest absolute Gasteiger partial charge is 0.441 e. The average Bonchev–Trinajstić information content (AvgIpc) is 3.27. The number of fused-ring (bicyclic) bond motifs is 1. The zero-order valence-electron chi connectivity index (χ0n) is 14.4. The number of nitro benzene ring substituents is 1. The molecule has 0 radical (unpaired) electrons. The minimum Gasteiger partial charge on any atom is -0.441 e. The van der Waals surface area contributed by atoms with E-state index >= 15 is 0 Å². The van der Waals surface area contributed by atoms with E-state index in [-0.39, 0.29) is 11.5 Å². The van der Waals surface area contributed by atoms with Crippen LogP contribution in [0.1, 0.15) is 37.7 Å². The van der Waals surface area contributed by atoms with E-state index in [0.29, 0.717) is 36.2 Å². The van der Waals surface area contributed by atoms with Crippen molar-refractivity contribution < 1.29 is 24.0 Å². The first-order chi connectivity index (χ1) is 12.8. The standard InChI is InChI=1S/C18H15N3O6/c1-10(22)26-18-17(9-19,20-18)16(11-5-7-12(8-6-11)21(24)25)15-13(23)3-2-4-14(15)27-18/h5-8,16,20H,2-4H2,1H3. The molecule has 9 nitrogen and oxygen atoms in total. The highest BCUT2D eigenvalue weighted by Gasteiger charge is 2.82. The molecule has 1 aliphatic carbocycles. The normalized spacial score (nSPS) is 31.1. The van der Waals surface area contributed by atoms with Crippen LogP contribution in [0.5, 0.6) is 0 Å². The summed E-state index contributed by atoms with van der Waals surface area (Å²) in [4.78, 5) is 34.6. The molecule has 1 aromatic rings. The zero-order chi connectivity index (χ0) is 19.4. The Balaban J connectivity index is 1.87. The van der Waals surface area contributed by atoms with E-state index in [4.69, 9.17) is 9.47 Å². The molecule has 3 aliphatic rings. The molecule has 0 spiro atoms. The Kier molecular flexibility index (Phi) is 3.58. The second-order valence-corrected chi connectivity index (χ2v) is 6.75. The van der Waals surface area contributed by atoms with Crippen molar-refractivity contribution >= 4 is 17.4 Å². The molecule has 0 bridgehead atoms. The Hall–Kier alpha value is -3.25. The van der Waals surface area contributed by atoms with Gasteiger partial charge >= 0.3 is 11.9 Å². The highest BCUT2D eigenvalue weighted by Crippen LogP contribution is 2.59. The van der Waals surface area contributed by atoms with Crippen LogP contribution in [0.15, 0.2) is 35.6 Å². The van der Waals surface area contributed by atoms with E-state index in [9.17, 15) is 25.0 Å². The molecule has 0 amide bonds. The number of nitriles is 1. The summed E-state index contributed by atoms with van der Waals surface area (Å²) in [7, 11) is 0. The minimum atomic E-state index is -1.66. The summed E-state index contributed by atoms with van der Waals surface area (Å²) in [5.74, 6) is -2.80. The molecule has 9 heteroatoms. The number of esters is 1. The number of rotatable bonds is 3. The van der Waals surface area contributed by atoms with Gasteiger partial charge in [-0.1, -0.05) is 12.1 Å². The van der Waals surface area contributed by atoms with Crippen LogP contribution in [-0.4, -0.2) is 28.1 Å². The second kappa shape index (κ2) is 5.62. The maximum Gasteiger partial charge on any atom is 0.351 e. The van der Waals surface area contributed by atoms with Crippen molar-refractivity contribution in [3.8, 4) is 6.07 Å². The third-order valence-corrected chi connectivity index (χ3v) is 5.12. The van der Waals surface area contributed by atoms with Crippen LogP contribution in [0.3, 0.4) is 0 Å². The summed E-state index contributed by atoms with van der Waals surface area (Å²) >= 11 is 0. The van der Waals surface area contributed by atoms with Crippen LogP contribution in [0.2, 0.25) is 0 Å². The first kappa shape index (κ1) is 17.2. The van der Waals surface area contributed by atoms with Gasteiger partial charge < -0.3 is 9.47 Å². The SMILES string of the molecule is CC(=O)OC12NC1(C#N)C(c1ccc([N+](=O)[O-])cc1)C1=C(CCCC1=O)O2. The molecule has 138 valence electrons. The number of non-ortho nitro benzene ring substituents is 1. The van der Waals surface area contributed by atoms with Crippen molar-refractivity contribution in [2.75, 3.05) is 0 Å². The minimum absolute atomic E-state index is 0.101. The van der Waals surface area contributed by atoms with E-state index in [1.807, 2.05) is 0 Å². The Labute approximate surface area is 153 Å². The molecule has 2 heterocycles. The van der Waals surface area contributed by atoms with Gasteiger partial charge in [-0.3, -0.25) is 19.7 Å². The van der Waals surface area contributed by atoms with E-state index in [1.54, 1.807) is 0 Å². The first-order valence-corrected chi connectivity index (χ1v) is 8.43. The number of carbonyl (C=O) groups is 2. The van der Waals surface area contributed by atoms with E-state index < -0.39 is 28.3 Å². The van der Waals surface area contributed by atoms with Gasteiger partial charge in [-0.2, -0.15) is 5.26 Å². The van der Waals surface area contributed by atoms with Crippen molar-refractivity contribution in [3.63, 3.8) is 0 Å². The number of nitrogens with one attached hydrogen (secondary N) is 1. The summed E-state index contributed by atoms with van der Waals surface area (Å²) in [5.41, 5.74) is -0.671. The van der Waals surface area contributed by atoms with Gasteiger partial charge in [0, 0.05) is 37.5 Å². The van der Waals surface area contributed by atoms with Gasteiger partial charge in [0.15, 0.2) is 5.78 Å². The van der Waals surface area contributed by atoms with Gasteiger partial charge in [-0.15, -0.1) is 0 Å². The summed E-state index contributed by atoms with van der Waals surface area (Å²) in [6.45, 7) is 1.21. The van der Waals surface area contributed by atoms with Crippen molar-refractivity contribution in [1.29, 1.82) is 5.26 Å². The Morgan fingerprint density at radius 3 is 2.70 bits per heavy atom. The lowest BCUT2D eigenvalue weighted by Gasteiger charge is -2.35. The van der Waals surface area contributed by atoms with E-state index in [2.05, 4.69) is 11.4 Å². The number of nitro groups is 1. The average molecular weight is 369 g/mol. The van der Waals surface area contributed by atoms with Crippen LogP contribution >= 0.6 is 0 Å². The van der Waals surface area contributed by atoms with Crippen molar-refractivity contribution in [2.45, 2.75) is 43.6 Å². The molecule has 1 aromatic carbocycles. The molecule has 3 unspecified atom stereocenters. The lowest BCUT2D eigenvalue weighted by Crippen LogP contribution is -2.43. The highest BCUT2D eigenvalue weighted by atomic mass is 16.8. The lowest BCUT2D eigenvalue weighted by atomic mass is 9.73. The van der Waals surface area contributed by atoms with Gasteiger partial charge in [-0.25, -0.2) is 5.32 Å². The predicted octanol–water partition coefficient (Wildman–Crippen LogP) is 1.80. The number of carbonyl (C=O) groups excluding carboxylic acids is 2. The monoisotopic (exact) mass is 369 g/mol. The fraction of sp³-hybridized carbons (Fsp3) is 0.389. The molecule has 4 rings (SSSR count). The molecule has 0 saturated carbocycles. The lowest BCUT2D eigenvalue weighted by molar-refractivity contribution is -0.384. The molecular weight excluding hydrogens is 354 g/mol. The molecule has 1 fully saturated rings. The fourth-order valence-corrected chi connectivity index (χ4v) is 3.95. The quantitative estimate of drug-likeness (QED) is 0.368. The van der Waals surface area contributed by atoms with Gasteiger partial charge in [0.05, 0.1) is 16.9 Å². The second-order valence-electron chi connectivity index (χ2n) is 6.75. The number of benzene rings is 1. The van der Waals surface area contributed by atoms with Gasteiger partial charge in [0.25, 0.3) is 5.69 Å². The third kappa shape index (κ3) is 2.34. The maximum absolute atomic E-state index is 12.6. The van der Waals surface area contributed by atoms with Gasteiger partial charge in [0.1, 0.15) is 5.76 Å².